The summed E-state index contributed by atoms with van der Waals surface area (Å²) in [5.74, 6) is -2.47. The second kappa shape index (κ2) is 10.3. The van der Waals surface area contributed by atoms with Gasteiger partial charge in [0.15, 0.2) is 6.61 Å². The molecule has 1 aliphatic heterocycles. The quantitative estimate of drug-likeness (QED) is 0.604. The van der Waals surface area contributed by atoms with Gasteiger partial charge in [0.1, 0.15) is 16.5 Å². The minimum absolute atomic E-state index is 0.0695. The molecule has 0 atom stereocenters. The van der Waals surface area contributed by atoms with E-state index in [1.54, 1.807) is 0 Å². The minimum atomic E-state index is -3.81. The molecule has 8 nitrogen and oxygen atoms in total. The second-order valence-corrected chi connectivity index (χ2v) is 9.42. The Kier molecular flexibility index (Phi) is 7.70. The zero-order valence-corrected chi connectivity index (χ0v) is 18.8. The van der Waals surface area contributed by atoms with E-state index in [-0.39, 0.29) is 26.9 Å². The summed E-state index contributed by atoms with van der Waals surface area (Å²) < 4.78 is 51.3. The van der Waals surface area contributed by atoms with E-state index in [9.17, 15) is 22.4 Å². The van der Waals surface area contributed by atoms with Crippen LogP contribution in [0.15, 0.2) is 41.3 Å². The van der Waals surface area contributed by atoms with Gasteiger partial charge in [0.2, 0.25) is 10.0 Å². The predicted molar refractivity (Wildman–Crippen MR) is 116 cm³/mol. The number of nitrogens with one attached hydrogen (secondary N) is 1. The van der Waals surface area contributed by atoms with E-state index in [1.165, 1.54) is 35.7 Å². The number of ether oxygens (including phenoxy) is 2. The van der Waals surface area contributed by atoms with Crippen molar-refractivity contribution in [3.05, 3.63) is 52.8 Å². The van der Waals surface area contributed by atoms with E-state index in [4.69, 9.17) is 21.1 Å². The van der Waals surface area contributed by atoms with E-state index in [0.717, 1.165) is 31.4 Å². The number of hydrogen-bond acceptors (Lipinski definition) is 6. The lowest BCUT2D eigenvalue weighted by Gasteiger charge is -2.26. The summed E-state index contributed by atoms with van der Waals surface area (Å²) >= 11 is 5.64. The average molecular weight is 485 g/mol. The van der Waals surface area contributed by atoms with Crippen molar-refractivity contribution in [2.24, 2.45) is 0 Å². The van der Waals surface area contributed by atoms with Gasteiger partial charge in [-0.25, -0.2) is 17.6 Å². The normalized spacial score (nSPS) is 14.6. The van der Waals surface area contributed by atoms with Crippen molar-refractivity contribution in [2.75, 3.05) is 32.1 Å². The molecule has 11 heteroatoms. The van der Waals surface area contributed by atoms with Crippen molar-refractivity contribution in [3.8, 4) is 5.75 Å². The lowest BCUT2D eigenvalue weighted by atomic mass is 10.2. The molecule has 32 heavy (non-hydrogen) atoms. The van der Waals surface area contributed by atoms with Crippen molar-refractivity contribution in [3.63, 3.8) is 0 Å². The van der Waals surface area contributed by atoms with Gasteiger partial charge in [0.25, 0.3) is 5.91 Å². The first-order chi connectivity index (χ1) is 15.2. The SMILES string of the molecule is COc1ccc(NC(=O)COC(=O)c2ccc(Cl)cc2F)cc1S(=O)(=O)N1CCCCC1. The Balaban J connectivity index is 1.70. The van der Waals surface area contributed by atoms with Gasteiger partial charge in [-0.3, -0.25) is 4.79 Å². The number of carbonyl (C=O) groups excluding carboxylic acids is 2. The molecule has 3 rings (SSSR count). The summed E-state index contributed by atoms with van der Waals surface area (Å²) in [6, 6.07) is 7.62. The first-order valence-corrected chi connectivity index (χ1v) is 11.6. The molecule has 1 amide bonds. The molecule has 1 fully saturated rings. The lowest BCUT2D eigenvalue weighted by Crippen LogP contribution is -2.35. The Bertz CT molecular complexity index is 1120. The monoisotopic (exact) mass is 484 g/mol. The fourth-order valence-electron chi connectivity index (χ4n) is 3.26. The maximum absolute atomic E-state index is 13.8. The van der Waals surface area contributed by atoms with E-state index in [0.29, 0.717) is 13.1 Å². The molecule has 0 unspecified atom stereocenters. The third-order valence-corrected chi connectivity index (χ3v) is 7.02. The molecule has 0 aliphatic carbocycles. The fourth-order valence-corrected chi connectivity index (χ4v) is 5.12. The van der Waals surface area contributed by atoms with Gasteiger partial charge in [0, 0.05) is 23.8 Å². The van der Waals surface area contributed by atoms with Gasteiger partial charge in [-0.05, 0) is 49.2 Å². The predicted octanol–water partition coefficient (Wildman–Crippen LogP) is 3.46. The third-order valence-electron chi connectivity index (χ3n) is 4.87. The molecule has 0 saturated carbocycles. The van der Waals surface area contributed by atoms with Crippen LogP contribution in [0.3, 0.4) is 0 Å². The third kappa shape index (κ3) is 5.56. The summed E-state index contributed by atoms with van der Waals surface area (Å²) in [4.78, 5) is 24.1. The molecule has 1 heterocycles. The van der Waals surface area contributed by atoms with Crippen LogP contribution < -0.4 is 10.1 Å². The van der Waals surface area contributed by atoms with Crippen LogP contribution in [-0.4, -0.2) is 51.4 Å². The number of anilines is 1. The van der Waals surface area contributed by atoms with Gasteiger partial charge in [0.05, 0.1) is 12.7 Å². The Labute approximate surface area is 190 Å². The number of halogens is 2. The molecule has 0 spiro atoms. The first kappa shape index (κ1) is 24.0. The summed E-state index contributed by atoms with van der Waals surface area (Å²) in [5, 5.41) is 2.59. The van der Waals surface area contributed by atoms with Gasteiger partial charge in [-0.15, -0.1) is 0 Å². The van der Waals surface area contributed by atoms with Crippen LogP contribution in [-0.2, 0) is 19.6 Å². The molecule has 0 radical (unpaired) electrons. The average Bonchev–Trinajstić information content (AvgIpc) is 2.78. The Morgan fingerprint density at radius 1 is 1.12 bits per heavy atom. The van der Waals surface area contributed by atoms with Crippen molar-refractivity contribution in [2.45, 2.75) is 24.2 Å². The number of amides is 1. The summed E-state index contributed by atoms with van der Waals surface area (Å²) in [5.41, 5.74) is -0.179. The van der Waals surface area contributed by atoms with Crippen LogP contribution in [0, 0.1) is 5.82 Å². The van der Waals surface area contributed by atoms with Gasteiger partial charge >= 0.3 is 5.97 Å². The standard InChI is InChI=1S/C21H22ClFN2O6S/c1-30-18-8-6-15(12-19(18)32(28,29)25-9-3-2-4-10-25)24-20(26)13-31-21(27)16-7-5-14(22)11-17(16)23/h5-8,11-12H,2-4,9-10,13H2,1H3,(H,24,26). The number of carbonyl (C=O) groups is 2. The summed E-state index contributed by atoms with van der Waals surface area (Å²) in [6.07, 6.45) is 2.52. The fraction of sp³-hybridized carbons (Fsp3) is 0.333. The summed E-state index contributed by atoms with van der Waals surface area (Å²) in [7, 11) is -2.45. The Morgan fingerprint density at radius 3 is 2.50 bits per heavy atom. The van der Waals surface area contributed by atoms with Crippen molar-refractivity contribution >= 4 is 39.2 Å². The molecule has 0 aromatic heterocycles. The molecular weight excluding hydrogens is 463 g/mol. The number of piperidine rings is 1. The minimum Gasteiger partial charge on any atom is -0.495 e. The highest BCUT2D eigenvalue weighted by atomic mass is 35.5. The Hall–Kier alpha value is -2.69. The van der Waals surface area contributed by atoms with E-state index >= 15 is 0 Å². The van der Waals surface area contributed by atoms with Gasteiger partial charge in [-0.1, -0.05) is 18.0 Å². The number of hydrogen-bond donors (Lipinski definition) is 1. The van der Waals surface area contributed by atoms with E-state index in [1.807, 2.05) is 0 Å². The highest BCUT2D eigenvalue weighted by Gasteiger charge is 2.29. The molecule has 0 bridgehead atoms. The Morgan fingerprint density at radius 2 is 1.84 bits per heavy atom. The van der Waals surface area contributed by atoms with Crippen LogP contribution >= 0.6 is 11.6 Å². The van der Waals surface area contributed by atoms with Crippen LogP contribution in [0.25, 0.3) is 0 Å². The van der Waals surface area contributed by atoms with Crippen LogP contribution in [0.1, 0.15) is 29.6 Å². The van der Waals surface area contributed by atoms with Crippen LogP contribution in [0.2, 0.25) is 5.02 Å². The van der Waals surface area contributed by atoms with Crippen molar-refractivity contribution in [1.29, 1.82) is 0 Å². The number of esters is 1. The van der Waals surface area contributed by atoms with E-state index in [2.05, 4.69) is 5.32 Å². The smallest absolute Gasteiger partial charge is 0.341 e. The maximum atomic E-state index is 13.8. The number of rotatable bonds is 7. The topological polar surface area (TPSA) is 102 Å². The maximum Gasteiger partial charge on any atom is 0.341 e. The van der Waals surface area contributed by atoms with Crippen molar-refractivity contribution < 1.29 is 31.9 Å². The second-order valence-electron chi connectivity index (χ2n) is 7.08. The lowest BCUT2D eigenvalue weighted by molar-refractivity contribution is -0.119. The van der Waals surface area contributed by atoms with Crippen LogP contribution in [0.5, 0.6) is 5.75 Å². The first-order valence-electron chi connectivity index (χ1n) is 9.82. The highest BCUT2D eigenvalue weighted by molar-refractivity contribution is 7.89. The number of benzene rings is 2. The summed E-state index contributed by atoms with van der Waals surface area (Å²) in [6.45, 7) is 0.139. The van der Waals surface area contributed by atoms with Gasteiger partial charge < -0.3 is 14.8 Å². The molecule has 2 aromatic carbocycles. The molecule has 1 aliphatic rings. The highest BCUT2D eigenvalue weighted by Crippen LogP contribution is 2.31. The number of nitrogens with zero attached hydrogens (tertiary/aromatic N) is 1. The molecule has 2 aromatic rings. The largest absolute Gasteiger partial charge is 0.495 e. The number of sulfonamides is 1. The van der Waals surface area contributed by atoms with Gasteiger partial charge in [-0.2, -0.15) is 4.31 Å². The van der Waals surface area contributed by atoms with Crippen LogP contribution in [0.4, 0.5) is 10.1 Å². The molecule has 1 N–H and O–H groups in total. The zero-order valence-electron chi connectivity index (χ0n) is 17.3. The number of methoxy groups -OCH3 is 1. The van der Waals surface area contributed by atoms with Crippen molar-refractivity contribution in [1.82, 2.24) is 4.31 Å². The zero-order chi connectivity index (χ0) is 23.3. The molecular formula is C21H22ClFN2O6S. The molecule has 172 valence electrons. The molecule has 1 saturated heterocycles. The van der Waals surface area contributed by atoms with E-state index < -0.39 is 34.3 Å².